The van der Waals surface area contributed by atoms with Gasteiger partial charge in [0.2, 0.25) is 0 Å². The molecule has 0 aromatic heterocycles. The number of terminal acetylenes is 1. The van der Waals surface area contributed by atoms with Crippen molar-refractivity contribution in [2.45, 2.75) is 0 Å². The van der Waals surface area contributed by atoms with Crippen LogP contribution in [0.5, 0.6) is 0 Å². The van der Waals surface area contributed by atoms with Crippen LogP contribution in [0.3, 0.4) is 0 Å². The molecule has 0 spiro atoms. The largest absolute Gasteiger partial charge is 0.399 e. The minimum Gasteiger partial charge on any atom is -0.399 e. The van der Waals surface area contributed by atoms with E-state index in [0.29, 0.717) is 25.3 Å². The fourth-order valence-corrected chi connectivity index (χ4v) is 1.73. The Morgan fingerprint density at radius 2 is 2.00 bits per heavy atom. The third kappa shape index (κ3) is 1.80. The number of benzene rings is 1. The molecule has 1 aromatic rings. The maximum atomic E-state index is 11.9. The number of carbonyl (C=O) groups is 1. The van der Waals surface area contributed by atoms with Crippen molar-refractivity contribution >= 4 is 17.4 Å². The van der Waals surface area contributed by atoms with Gasteiger partial charge >= 0.3 is 6.03 Å². The molecule has 4 nitrogen and oxygen atoms in total. The molecule has 0 radical (unpaired) electrons. The molecule has 2 rings (SSSR count). The lowest BCUT2D eigenvalue weighted by Crippen LogP contribution is -2.31. The summed E-state index contributed by atoms with van der Waals surface area (Å²) in [5, 5.41) is 0. The van der Waals surface area contributed by atoms with Gasteiger partial charge in [-0.2, -0.15) is 0 Å². The summed E-state index contributed by atoms with van der Waals surface area (Å²) in [4.78, 5) is 15.3. The zero-order valence-electron chi connectivity index (χ0n) is 8.89. The number of amides is 2. The summed E-state index contributed by atoms with van der Waals surface area (Å²) in [5.41, 5.74) is 7.15. The highest BCUT2D eigenvalue weighted by Crippen LogP contribution is 2.21. The summed E-state index contributed by atoms with van der Waals surface area (Å²) in [6.07, 6.45) is 5.20. The van der Waals surface area contributed by atoms with E-state index in [9.17, 15) is 4.79 Å². The first-order valence-corrected chi connectivity index (χ1v) is 5.08. The number of anilines is 2. The molecule has 0 bridgehead atoms. The topological polar surface area (TPSA) is 49.6 Å². The third-order valence-corrected chi connectivity index (χ3v) is 2.58. The average molecular weight is 215 g/mol. The van der Waals surface area contributed by atoms with Gasteiger partial charge in [0.05, 0.1) is 6.54 Å². The van der Waals surface area contributed by atoms with Crippen molar-refractivity contribution in [2.75, 3.05) is 30.3 Å². The van der Waals surface area contributed by atoms with Gasteiger partial charge in [0.25, 0.3) is 0 Å². The molecule has 0 aliphatic carbocycles. The number of carbonyl (C=O) groups excluding carboxylic acids is 1. The van der Waals surface area contributed by atoms with Crippen molar-refractivity contribution in [1.29, 1.82) is 0 Å². The molecular weight excluding hydrogens is 202 g/mol. The molecule has 0 saturated carbocycles. The summed E-state index contributed by atoms with van der Waals surface area (Å²) in [6.45, 7) is 1.71. The molecule has 0 atom stereocenters. The van der Waals surface area contributed by atoms with E-state index in [-0.39, 0.29) is 6.03 Å². The van der Waals surface area contributed by atoms with Gasteiger partial charge in [-0.15, -0.1) is 6.42 Å². The number of hydrogen-bond acceptors (Lipinski definition) is 2. The van der Waals surface area contributed by atoms with Crippen molar-refractivity contribution in [3.8, 4) is 12.3 Å². The van der Waals surface area contributed by atoms with Crippen molar-refractivity contribution in [1.82, 2.24) is 4.90 Å². The van der Waals surface area contributed by atoms with Crippen LogP contribution in [0.2, 0.25) is 0 Å². The average Bonchev–Trinajstić information content (AvgIpc) is 2.63. The summed E-state index contributed by atoms with van der Waals surface area (Å²) in [6, 6.07) is 7.21. The van der Waals surface area contributed by atoms with Crippen molar-refractivity contribution < 1.29 is 4.79 Å². The fraction of sp³-hybridized carbons (Fsp3) is 0.250. The van der Waals surface area contributed by atoms with Crippen molar-refractivity contribution in [2.24, 2.45) is 0 Å². The Kier molecular flexibility index (Phi) is 2.69. The molecule has 1 fully saturated rings. The predicted molar refractivity (Wildman–Crippen MR) is 64.0 cm³/mol. The van der Waals surface area contributed by atoms with Gasteiger partial charge in [0, 0.05) is 24.5 Å². The Morgan fingerprint density at radius 1 is 1.31 bits per heavy atom. The van der Waals surface area contributed by atoms with E-state index in [1.807, 2.05) is 12.1 Å². The van der Waals surface area contributed by atoms with E-state index in [1.54, 1.807) is 21.9 Å². The normalized spacial score (nSPS) is 15.3. The smallest absolute Gasteiger partial charge is 0.325 e. The number of nitrogen functional groups attached to an aromatic ring is 1. The second-order valence-corrected chi connectivity index (χ2v) is 3.65. The van der Waals surface area contributed by atoms with Gasteiger partial charge in [-0.25, -0.2) is 4.79 Å². The monoisotopic (exact) mass is 215 g/mol. The lowest BCUT2D eigenvalue weighted by molar-refractivity contribution is 0.225. The summed E-state index contributed by atoms with van der Waals surface area (Å²) in [5.74, 6) is 2.48. The zero-order valence-corrected chi connectivity index (χ0v) is 8.89. The molecule has 1 aromatic carbocycles. The highest BCUT2D eigenvalue weighted by atomic mass is 16.2. The molecular formula is C12H13N3O. The van der Waals surface area contributed by atoms with Gasteiger partial charge in [-0.05, 0) is 24.3 Å². The summed E-state index contributed by atoms with van der Waals surface area (Å²) < 4.78 is 0. The fourth-order valence-electron chi connectivity index (χ4n) is 1.73. The van der Waals surface area contributed by atoms with E-state index in [4.69, 9.17) is 12.2 Å². The van der Waals surface area contributed by atoms with E-state index in [1.165, 1.54) is 0 Å². The number of nitrogens with zero attached hydrogens (tertiary/aromatic N) is 2. The summed E-state index contributed by atoms with van der Waals surface area (Å²) in [7, 11) is 0. The van der Waals surface area contributed by atoms with Crippen LogP contribution in [0.1, 0.15) is 0 Å². The second kappa shape index (κ2) is 4.15. The molecule has 0 unspecified atom stereocenters. The van der Waals surface area contributed by atoms with Crippen LogP contribution < -0.4 is 10.6 Å². The highest BCUT2D eigenvalue weighted by Gasteiger charge is 2.28. The first-order chi connectivity index (χ1) is 7.72. The van der Waals surface area contributed by atoms with Gasteiger partial charge in [-0.3, -0.25) is 4.90 Å². The van der Waals surface area contributed by atoms with E-state index in [2.05, 4.69) is 5.92 Å². The minimum absolute atomic E-state index is 0.0391. The van der Waals surface area contributed by atoms with Crippen LogP contribution in [0.25, 0.3) is 0 Å². The standard InChI is InChI=1S/C12H13N3O/c1-2-7-14-8-9-15(12(14)16)11-5-3-10(13)4-6-11/h1,3-6H,7-9,13H2. The second-order valence-electron chi connectivity index (χ2n) is 3.65. The summed E-state index contributed by atoms with van der Waals surface area (Å²) >= 11 is 0. The molecule has 82 valence electrons. The van der Waals surface area contributed by atoms with Crippen LogP contribution in [0.15, 0.2) is 24.3 Å². The molecule has 16 heavy (non-hydrogen) atoms. The molecule has 2 N–H and O–H groups in total. The molecule has 4 heteroatoms. The van der Waals surface area contributed by atoms with Gasteiger partial charge in [-0.1, -0.05) is 5.92 Å². The van der Waals surface area contributed by atoms with Crippen LogP contribution in [0, 0.1) is 12.3 Å². The number of nitrogens with two attached hydrogens (primary N) is 1. The van der Waals surface area contributed by atoms with Crippen molar-refractivity contribution in [3.63, 3.8) is 0 Å². The maximum absolute atomic E-state index is 11.9. The van der Waals surface area contributed by atoms with Crippen LogP contribution in [-0.2, 0) is 0 Å². The quantitative estimate of drug-likeness (QED) is 0.594. The number of rotatable bonds is 2. The first kappa shape index (κ1) is 10.4. The van der Waals surface area contributed by atoms with Gasteiger partial charge in [0.1, 0.15) is 0 Å². The molecule has 2 amide bonds. The molecule has 1 saturated heterocycles. The molecule has 1 aliphatic rings. The van der Waals surface area contributed by atoms with Crippen molar-refractivity contribution in [3.05, 3.63) is 24.3 Å². The Bertz CT molecular complexity index is 433. The third-order valence-electron chi connectivity index (χ3n) is 2.58. The Balaban J connectivity index is 2.16. The Morgan fingerprint density at radius 3 is 2.62 bits per heavy atom. The Hall–Kier alpha value is -2.15. The Labute approximate surface area is 94.6 Å². The predicted octanol–water partition coefficient (Wildman–Crippen LogP) is 1.14. The lowest BCUT2D eigenvalue weighted by atomic mass is 10.2. The van der Waals surface area contributed by atoms with Crippen LogP contribution in [0.4, 0.5) is 16.2 Å². The van der Waals surface area contributed by atoms with Crippen LogP contribution in [-0.4, -0.2) is 30.6 Å². The van der Waals surface area contributed by atoms with Gasteiger partial charge in [0.15, 0.2) is 0 Å². The minimum atomic E-state index is -0.0391. The number of hydrogen-bond donors (Lipinski definition) is 1. The highest BCUT2D eigenvalue weighted by molar-refractivity contribution is 5.94. The van der Waals surface area contributed by atoms with E-state index >= 15 is 0 Å². The zero-order chi connectivity index (χ0) is 11.5. The first-order valence-electron chi connectivity index (χ1n) is 5.08. The molecule has 1 aliphatic heterocycles. The number of urea groups is 1. The van der Waals surface area contributed by atoms with E-state index in [0.717, 1.165) is 5.69 Å². The van der Waals surface area contributed by atoms with Gasteiger partial charge < -0.3 is 10.6 Å². The van der Waals surface area contributed by atoms with E-state index < -0.39 is 0 Å². The molecule has 1 heterocycles. The SMILES string of the molecule is C#CCN1CCN(c2ccc(N)cc2)C1=O. The maximum Gasteiger partial charge on any atom is 0.325 e. The lowest BCUT2D eigenvalue weighted by Gasteiger charge is -2.17. The van der Waals surface area contributed by atoms with Crippen LogP contribution >= 0.6 is 0 Å².